The number of benzene rings is 3. The molecule has 2 N–H and O–H groups in total. The molecule has 0 saturated carbocycles. The first kappa shape index (κ1) is 14.4. The summed E-state index contributed by atoms with van der Waals surface area (Å²) in [6, 6.07) is 19.3. The Kier molecular flexibility index (Phi) is 3.28. The normalized spacial score (nSPS) is 11.2. The van der Waals surface area contributed by atoms with E-state index in [4.69, 9.17) is 0 Å². The smallest absolute Gasteiger partial charge is 0.167 e. The molecule has 3 aromatic carbocycles. The first-order chi connectivity index (χ1) is 11.7. The van der Waals surface area contributed by atoms with Crippen LogP contribution < -0.4 is 0 Å². The minimum absolute atomic E-state index is 0.0955. The molecule has 0 bridgehead atoms. The van der Waals surface area contributed by atoms with E-state index in [1.807, 2.05) is 60.7 Å². The summed E-state index contributed by atoms with van der Waals surface area (Å²) in [4.78, 5) is 0. The Hall–Kier alpha value is -3.20. The quantitative estimate of drug-likeness (QED) is 0.410. The van der Waals surface area contributed by atoms with Crippen LogP contribution in [0.4, 0.5) is 0 Å². The predicted octanol–water partition coefficient (Wildman–Crippen LogP) is 5.06. The number of fused-ring (bicyclic) bond motifs is 3. The Bertz CT molecular complexity index is 1060. The number of aromatic nitrogens is 1. The van der Waals surface area contributed by atoms with E-state index in [0.29, 0.717) is 12.1 Å². The van der Waals surface area contributed by atoms with E-state index in [1.54, 1.807) is 6.07 Å². The van der Waals surface area contributed by atoms with Gasteiger partial charge in [-0.25, -0.2) is 0 Å². The minimum atomic E-state index is -0.108. The number of nitrogens with zero attached hydrogens (tertiary/aromatic N) is 1. The minimum Gasteiger partial charge on any atom is -0.504 e. The Morgan fingerprint density at radius 2 is 1.62 bits per heavy atom. The summed E-state index contributed by atoms with van der Waals surface area (Å²) in [5.74, 6) is -0.204. The van der Waals surface area contributed by atoms with Crippen molar-refractivity contribution in [2.45, 2.75) is 6.54 Å². The maximum absolute atomic E-state index is 10.6. The van der Waals surface area contributed by atoms with Crippen LogP contribution >= 0.6 is 0 Å². The number of aromatic hydroxyl groups is 2. The highest BCUT2D eigenvalue weighted by atomic mass is 16.3. The highest BCUT2D eigenvalue weighted by Crippen LogP contribution is 2.45. The molecular formula is C21H17NO2. The van der Waals surface area contributed by atoms with E-state index in [9.17, 15) is 10.2 Å². The zero-order chi connectivity index (χ0) is 16.7. The molecule has 0 atom stereocenters. The third-order valence-corrected chi connectivity index (χ3v) is 4.38. The molecular weight excluding hydrogens is 298 g/mol. The van der Waals surface area contributed by atoms with Gasteiger partial charge in [0, 0.05) is 22.8 Å². The summed E-state index contributed by atoms with van der Waals surface area (Å²) in [7, 11) is 0. The van der Waals surface area contributed by atoms with E-state index >= 15 is 0 Å². The average Bonchev–Trinajstić information content (AvgIpc) is 2.91. The van der Waals surface area contributed by atoms with Gasteiger partial charge < -0.3 is 14.8 Å². The summed E-state index contributed by atoms with van der Waals surface area (Å²) < 4.78 is 2.12. The summed E-state index contributed by atoms with van der Waals surface area (Å²) in [6.45, 7) is 4.48. The van der Waals surface area contributed by atoms with Crippen LogP contribution in [0.5, 0.6) is 11.5 Å². The molecule has 4 aromatic rings. The van der Waals surface area contributed by atoms with Crippen LogP contribution in [0, 0.1) is 0 Å². The fourth-order valence-corrected chi connectivity index (χ4v) is 3.39. The SMILES string of the molecule is C=CCn1c2ccccc2c2cc(O)c(O)c(-c3ccccc3)c21. The van der Waals surface area contributed by atoms with Crippen LogP contribution in [-0.4, -0.2) is 14.8 Å². The van der Waals surface area contributed by atoms with Crippen LogP contribution in [0.25, 0.3) is 32.9 Å². The molecule has 0 radical (unpaired) electrons. The molecule has 1 aromatic heterocycles. The molecule has 3 heteroatoms. The molecule has 0 aliphatic carbocycles. The molecule has 0 saturated heterocycles. The summed E-state index contributed by atoms with van der Waals surface area (Å²) in [5, 5.41) is 22.8. The lowest BCUT2D eigenvalue weighted by Gasteiger charge is -2.12. The van der Waals surface area contributed by atoms with Gasteiger partial charge in [-0.15, -0.1) is 6.58 Å². The number of allylic oxidation sites excluding steroid dienone is 1. The Morgan fingerprint density at radius 1 is 0.917 bits per heavy atom. The molecule has 0 fully saturated rings. The van der Waals surface area contributed by atoms with Gasteiger partial charge >= 0.3 is 0 Å². The zero-order valence-electron chi connectivity index (χ0n) is 13.1. The predicted molar refractivity (Wildman–Crippen MR) is 98.4 cm³/mol. The lowest BCUT2D eigenvalue weighted by molar-refractivity contribution is 0.406. The van der Waals surface area contributed by atoms with E-state index in [1.165, 1.54) is 0 Å². The molecule has 1 heterocycles. The molecule has 0 aliphatic rings. The van der Waals surface area contributed by atoms with Gasteiger partial charge in [0.1, 0.15) is 0 Å². The number of phenols is 2. The van der Waals surface area contributed by atoms with Crippen molar-refractivity contribution in [1.29, 1.82) is 0 Å². The molecule has 0 amide bonds. The largest absolute Gasteiger partial charge is 0.504 e. The second kappa shape index (κ2) is 5.46. The van der Waals surface area contributed by atoms with E-state index < -0.39 is 0 Å². The lowest BCUT2D eigenvalue weighted by atomic mass is 10.00. The van der Waals surface area contributed by atoms with Crippen LogP contribution in [-0.2, 0) is 6.54 Å². The topological polar surface area (TPSA) is 45.4 Å². The lowest BCUT2D eigenvalue weighted by Crippen LogP contribution is -1.96. The van der Waals surface area contributed by atoms with E-state index in [0.717, 1.165) is 27.4 Å². The monoisotopic (exact) mass is 315 g/mol. The van der Waals surface area contributed by atoms with Crippen molar-refractivity contribution in [3.8, 4) is 22.6 Å². The van der Waals surface area contributed by atoms with Crippen LogP contribution in [0.3, 0.4) is 0 Å². The fourth-order valence-electron chi connectivity index (χ4n) is 3.39. The number of hydrogen-bond donors (Lipinski definition) is 2. The molecule has 4 rings (SSSR count). The molecule has 3 nitrogen and oxygen atoms in total. The van der Waals surface area contributed by atoms with Crippen molar-refractivity contribution in [3.05, 3.63) is 73.3 Å². The molecule has 0 unspecified atom stereocenters. The molecule has 118 valence electrons. The van der Waals surface area contributed by atoms with Crippen molar-refractivity contribution in [1.82, 2.24) is 4.57 Å². The second-order valence-corrected chi connectivity index (χ2v) is 5.80. The summed E-state index contributed by atoms with van der Waals surface area (Å²) in [5.41, 5.74) is 3.46. The highest BCUT2D eigenvalue weighted by molar-refractivity contribution is 6.14. The van der Waals surface area contributed by atoms with Gasteiger partial charge in [0.05, 0.1) is 11.1 Å². The second-order valence-electron chi connectivity index (χ2n) is 5.80. The molecule has 0 aliphatic heterocycles. The number of para-hydroxylation sites is 1. The van der Waals surface area contributed by atoms with Gasteiger partial charge in [-0.2, -0.15) is 0 Å². The van der Waals surface area contributed by atoms with Crippen LogP contribution in [0.2, 0.25) is 0 Å². The standard InChI is InChI=1S/C21H17NO2/c1-2-12-22-17-11-7-6-10-15(17)16-13-18(23)21(24)19(20(16)22)14-8-4-3-5-9-14/h2-11,13,23-24H,1,12H2. The summed E-state index contributed by atoms with van der Waals surface area (Å²) in [6.07, 6.45) is 1.84. The third kappa shape index (κ3) is 1.98. The third-order valence-electron chi connectivity index (χ3n) is 4.38. The van der Waals surface area contributed by atoms with Gasteiger partial charge in [-0.05, 0) is 17.7 Å². The maximum atomic E-state index is 10.6. The first-order valence-corrected chi connectivity index (χ1v) is 7.84. The Balaban J connectivity index is 2.26. The van der Waals surface area contributed by atoms with Gasteiger partial charge in [0.25, 0.3) is 0 Å². The number of phenolic OH excluding ortho intramolecular Hbond substituents is 2. The van der Waals surface area contributed by atoms with Crippen LogP contribution in [0.1, 0.15) is 0 Å². The van der Waals surface area contributed by atoms with E-state index in [-0.39, 0.29) is 11.5 Å². The van der Waals surface area contributed by atoms with Crippen LogP contribution in [0.15, 0.2) is 73.3 Å². The zero-order valence-corrected chi connectivity index (χ0v) is 13.1. The maximum Gasteiger partial charge on any atom is 0.167 e. The van der Waals surface area contributed by atoms with Gasteiger partial charge in [0.2, 0.25) is 0 Å². The van der Waals surface area contributed by atoms with Crippen molar-refractivity contribution in [2.24, 2.45) is 0 Å². The van der Waals surface area contributed by atoms with Gasteiger partial charge in [-0.1, -0.05) is 54.6 Å². The number of rotatable bonds is 3. The van der Waals surface area contributed by atoms with Crippen molar-refractivity contribution in [2.75, 3.05) is 0 Å². The van der Waals surface area contributed by atoms with Gasteiger partial charge in [-0.3, -0.25) is 0 Å². The van der Waals surface area contributed by atoms with Gasteiger partial charge in [0.15, 0.2) is 11.5 Å². The highest BCUT2D eigenvalue weighted by Gasteiger charge is 2.20. The fraction of sp³-hybridized carbons (Fsp3) is 0.0476. The average molecular weight is 315 g/mol. The Labute approximate surface area is 139 Å². The first-order valence-electron chi connectivity index (χ1n) is 7.84. The molecule has 24 heavy (non-hydrogen) atoms. The van der Waals surface area contributed by atoms with Crippen molar-refractivity contribution < 1.29 is 10.2 Å². The Morgan fingerprint density at radius 3 is 2.38 bits per heavy atom. The van der Waals surface area contributed by atoms with Crippen molar-refractivity contribution >= 4 is 21.8 Å². The molecule has 0 spiro atoms. The van der Waals surface area contributed by atoms with E-state index in [2.05, 4.69) is 11.1 Å². The summed E-state index contributed by atoms with van der Waals surface area (Å²) >= 11 is 0. The number of hydrogen-bond acceptors (Lipinski definition) is 2. The van der Waals surface area contributed by atoms with Crippen molar-refractivity contribution in [3.63, 3.8) is 0 Å².